The minimum atomic E-state index is -2.92. The SMILES string of the molecule is CCNC(CCS(C)(=O)=O)c1cc(C)nn1C. The summed E-state index contributed by atoms with van der Waals surface area (Å²) >= 11 is 0. The number of sulfone groups is 1. The second-order valence-corrected chi connectivity index (χ2v) is 6.62. The molecule has 0 saturated carbocycles. The van der Waals surface area contributed by atoms with Crippen molar-refractivity contribution in [1.29, 1.82) is 0 Å². The van der Waals surface area contributed by atoms with E-state index in [4.69, 9.17) is 0 Å². The number of nitrogens with one attached hydrogen (secondary N) is 1. The number of nitrogens with zero attached hydrogens (tertiary/aromatic N) is 2. The Balaban J connectivity index is 2.82. The highest BCUT2D eigenvalue weighted by molar-refractivity contribution is 7.90. The highest BCUT2D eigenvalue weighted by Gasteiger charge is 2.17. The molecule has 1 aromatic rings. The third-order valence-electron chi connectivity index (χ3n) is 2.62. The van der Waals surface area contributed by atoms with Gasteiger partial charge in [-0.3, -0.25) is 4.68 Å². The van der Waals surface area contributed by atoms with Crippen LogP contribution in [0.4, 0.5) is 0 Å². The predicted octanol–water partition coefficient (Wildman–Crippen LogP) is 0.814. The molecule has 0 radical (unpaired) electrons. The lowest BCUT2D eigenvalue weighted by atomic mass is 10.1. The molecule has 1 N–H and O–H groups in total. The van der Waals surface area contributed by atoms with Crippen LogP contribution in [-0.2, 0) is 16.9 Å². The van der Waals surface area contributed by atoms with Crippen molar-refractivity contribution in [2.45, 2.75) is 26.3 Å². The first-order valence-corrected chi connectivity index (χ1v) is 7.81. The van der Waals surface area contributed by atoms with Gasteiger partial charge < -0.3 is 5.32 Å². The van der Waals surface area contributed by atoms with E-state index in [0.717, 1.165) is 17.9 Å². The normalized spacial score (nSPS) is 13.9. The summed E-state index contributed by atoms with van der Waals surface area (Å²) in [6.07, 6.45) is 1.84. The van der Waals surface area contributed by atoms with Crippen molar-refractivity contribution in [3.05, 3.63) is 17.5 Å². The maximum absolute atomic E-state index is 11.2. The predicted molar refractivity (Wildman–Crippen MR) is 68.7 cm³/mol. The molecular formula is C11H21N3O2S. The first-order chi connectivity index (χ1) is 7.83. The molecule has 0 aromatic carbocycles. The number of rotatable bonds is 6. The second kappa shape index (κ2) is 5.64. The topological polar surface area (TPSA) is 64.0 Å². The lowest BCUT2D eigenvalue weighted by Crippen LogP contribution is -2.25. The van der Waals surface area contributed by atoms with E-state index in [-0.39, 0.29) is 11.8 Å². The van der Waals surface area contributed by atoms with Gasteiger partial charge >= 0.3 is 0 Å². The van der Waals surface area contributed by atoms with E-state index < -0.39 is 9.84 Å². The van der Waals surface area contributed by atoms with Gasteiger partial charge in [-0.2, -0.15) is 5.10 Å². The molecule has 1 rings (SSSR count). The molecule has 1 heterocycles. The first kappa shape index (κ1) is 14.2. The molecule has 0 fully saturated rings. The van der Waals surface area contributed by atoms with E-state index in [9.17, 15) is 8.42 Å². The Morgan fingerprint density at radius 3 is 2.59 bits per heavy atom. The summed E-state index contributed by atoms with van der Waals surface area (Å²) in [5.41, 5.74) is 1.98. The molecule has 6 heteroatoms. The third-order valence-corrected chi connectivity index (χ3v) is 3.60. The van der Waals surface area contributed by atoms with Crippen LogP contribution in [0.3, 0.4) is 0 Å². The summed E-state index contributed by atoms with van der Waals surface area (Å²) in [5.74, 6) is 0.189. The standard InChI is InChI=1S/C11H21N3O2S/c1-5-12-10(6-7-17(4,15)16)11-8-9(2)13-14(11)3/h8,10,12H,5-7H2,1-4H3. The molecule has 1 aromatic heterocycles. The summed E-state index contributed by atoms with van der Waals surface area (Å²) in [5, 5.41) is 7.59. The Bertz CT molecular complexity index is 465. The summed E-state index contributed by atoms with van der Waals surface area (Å²) < 4.78 is 24.2. The summed E-state index contributed by atoms with van der Waals surface area (Å²) in [6.45, 7) is 4.75. The Kier molecular flexibility index (Phi) is 4.70. The van der Waals surface area contributed by atoms with Gasteiger partial charge in [0.1, 0.15) is 9.84 Å². The van der Waals surface area contributed by atoms with Gasteiger partial charge in [0.25, 0.3) is 0 Å². The van der Waals surface area contributed by atoms with Gasteiger partial charge in [0.05, 0.1) is 23.2 Å². The maximum atomic E-state index is 11.2. The van der Waals surface area contributed by atoms with E-state index in [0.29, 0.717) is 6.42 Å². The van der Waals surface area contributed by atoms with Crippen LogP contribution in [0, 0.1) is 6.92 Å². The first-order valence-electron chi connectivity index (χ1n) is 5.75. The Labute approximate surface area is 103 Å². The number of aromatic nitrogens is 2. The lowest BCUT2D eigenvalue weighted by Gasteiger charge is -2.17. The van der Waals surface area contributed by atoms with Crippen LogP contribution in [-0.4, -0.2) is 36.8 Å². The molecule has 0 aliphatic rings. The molecule has 0 saturated heterocycles. The minimum Gasteiger partial charge on any atom is -0.309 e. The van der Waals surface area contributed by atoms with Gasteiger partial charge in [-0.05, 0) is 26.0 Å². The number of hydrogen-bond acceptors (Lipinski definition) is 4. The average molecular weight is 259 g/mol. The molecule has 1 unspecified atom stereocenters. The lowest BCUT2D eigenvalue weighted by molar-refractivity contribution is 0.494. The van der Waals surface area contributed by atoms with E-state index in [1.54, 1.807) is 0 Å². The van der Waals surface area contributed by atoms with Gasteiger partial charge in [0, 0.05) is 13.3 Å². The van der Waals surface area contributed by atoms with E-state index >= 15 is 0 Å². The van der Waals surface area contributed by atoms with Gasteiger partial charge in [-0.15, -0.1) is 0 Å². The van der Waals surface area contributed by atoms with Gasteiger partial charge in [0.15, 0.2) is 0 Å². The fraction of sp³-hybridized carbons (Fsp3) is 0.727. The van der Waals surface area contributed by atoms with Crippen molar-refractivity contribution >= 4 is 9.84 Å². The van der Waals surface area contributed by atoms with Crippen molar-refractivity contribution < 1.29 is 8.42 Å². The van der Waals surface area contributed by atoms with Crippen LogP contribution in [0.25, 0.3) is 0 Å². The number of aryl methyl sites for hydroxylation is 2. The van der Waals surface area contributed by atoms with E-state index in [1.807, 2.05) is 31.6 Å². The van der Waals surface area contributed by atoms with Crippen molar-refractivity contribution in [2.24, 2.45) is 7.05 Å². The van der Waals surface area contributed by atoms with Crippen LogP contribution in [0.5, 0.6) is 0 Å². The van der Waals surface area contributed by atoms with Crippen LogP contribution >= 0.6 is 0 Å². The second-order valence-electron chi connectivity index (χ2n) is 4.36. The monoisotopic (exact) mass is 259 g/mol. The maximum Gasteiger partial charge on any atom is 0.147 e. The van der Waals surface area contributed by atoms with E-state index in [1.165, 1.54) is 6.26 Å². The highest BCUT2D eigenvalue weighted by atomic mass is 32.2. The zero-order valence-electron chi connectivity index (χ0n) is 10.9. The summed E-state index contributed by atoms with van der Waals surface area (Å²) in [7, 11) is -1.04. The molecule has 0 aliphatic heterocycles. The van der Waals surface area contributed by atoms with Crippen LogP contribution in [0.2, 0.25) is 0 Å². The van der Waals surface area contributed by atoms with Gasteiger partial charge in [-0.1, -0.05) is 6.92 Å². The quantitative estimate of drug-likeness (QED) is 0.821. The van der Waals surface area contributed by atoms with Crippen LogP contribution in [0.1, 0.15) is 30.8 Å². The molecule has 5 nitrogen and oxygen atoms in total. The zero-order chi connectivity index (χ0) is 13.1. The molecular weight excluding hydrogens is 238 g/mol. The van der Waals surface area contributed by atoms with Crippen molar-refractivity contribution in [3.8, 4) is 0 Å². The van der Waals surface area contributed by atoms with Gasteiger partial charge in [0.2, 0.25) is 0 Å². The van der Waals surface area contributed by atoms with Gasteiger partial charge in [-0.25, -0.2) is 8.42 Å². The van der Waals surface area contributed by atoms with Crippen molar-refractivity contribution in [1.82, 2.24) is 15.1 Å². The molecule has 98 valence electrons. The molecule has 0 aliphatic carbocycles. The highest BCUT2D eigenvalue weighted by Crippen LogP contribution is 2.17. The Morgan fingerprint density at radius 2 is 2.18 bits per heavy atom. The van der Waals surface area contributed by atoms with Crippen molar-refractivity contribution in [3.63, 3.8) is 0 Å². The fourth-order valence-electron chi connectivity index (χ4n) is 1.89. The van der Waals surface area contributed by atoms with Crippen LogP contribution in [0.15, 0.2) is 6.07 Å². The summed E-state index contributed by atoms with van der Waals surface area (Å²) in [4.78, 5) is 0. The zero-order valence-corrected chi connectivity index (χ0v) is 11.7. The smallest absolute Gasteiger partial charge is 0.147 e. The minimum absolute atomic E-state index is 0.0425. The number of hydrogen-bond donors (Lipinski definition) is 1. The largest absolute Gasteiger partial charge is 0.309 e. The summed E-state index contributed by atoms with van der Waals surface area (Å²) in [6, 6.07) is 2.04. The average Bonchev–Trinajstić information content (AvgIpc) is 2.51. The van der Waals surface area contributed by atoms with E-state index in [2.05, 4.69) is 10.4 Å². The van der Waals surface area contributed by atoms with Crippen molar-refractivity contribution in [2.75, 3.05) is 18.6 Å². The molecule has 0 spiro atoms. The third kappa shape index (κ3) is 4.47. The molecule has 17 heavy (non-hydrogen) atoms. The molecule has 0 bridgehead atoms. The fourth-order valence-corrected chi connectivity index (χ4v) is 2.55. The van der Waals surface area contributed by atoms with Crippen LogP contribution < -0.4 is 5.32 Å². The molecule has 0 amide bonds. The Hall–Kier alpha value is -0.880. The Morgan fingerprint density at radius 1 is 1.53 bits per heavy atom. The molecule has 1 atom stereocenters.